The van der Waals surface area contributed by atoms with Crippen molar-refractivity contribution in [2.75, 3.05) is 0 Å². The molecule has 0 spiro atoms. The summed E-state index contributed by atoms with van der Waals surface area (Å²) in [7, 11) is 0. The van der Waals surface area contributed by atoms with Crippen LogP contribution in [-0.4, -0.2) is 19.6 Å². The SMILES string of the molecule is CCc1cc2c(=O)n(CC(O)c3cccc([N+](=O)[O-])c3)cnc2s1. The lowest BCUT2D eigenvalue weighted by atomic mass is 10.1. The molecule has 0 aliphatic carbocycles. The predicted molar refractivity (Wildman–Crippen MR) is 91.3 cm³/mol. The first-order chi connectivity index (χ1) is 11.5. The van der Waals surface area contributed by atoms with Gasteiger partial charge < -0.3 is 5.11 Å². The molecule has 0 bridgehead atoms. The maximum Gasteiger partial charge on any atom is 0.269 e. The Morgan fingerprint density at radius 3 is 2.92 bits per heavy atom. The van der Waals surface area contributed by atoms with Crippen molar-refractivity contribution in [1.29, 1.82) is 0 Å². The van der Waals surface area contributed by atoms with Crippen LogP contribution in [0.25, 0.3) is 10.2 Å². The summed E-state index contributed by atoms with van der Waals surface area (Å²) < 4.78 is 1.33. The third-order valence-electron chi connectivity index (χ3n) is 3.75. The Hall–Kier alpha value is -2.58. The van der Waals surface area contributed by atoms with Gasteiger partial charge in [0, 0.05) is 17.0 Å². The molecule has 1 N–H and O–H groups in total. The first kappa shape index (κ1) is 16.3. The molecule has 0 aliphatic rings. The molecule has 8 heteroatoms. The summed E-state index contributed by atoms with van der Waals surface area (Å²) in [5, 5.41) is 21.7. The van der Waals surface area contributed by atoms with Crippen LogP contribution in [0.4, 0.5) is 5.69 Å². The first-order valence-corrected chi connectivity index (χ1v) is 8.21. The number of benzene rings is 1. The molecule has 0 amide bonds. The number of hydrogen-bond acceptors (Lipinski definition) is 6. The van der Waals surface area contributed by atoms with Gasteiger partial charge in [-0.25, -0.2) is 4.98 Å². The standard InChI is InChI=1S/C16H15N3O4S/c1-2-12-7-13-15(24-12)17-9-18(16(13)21)8-14(20)10-4-3-5-11(6-10)19(22)23/h3-7,9,14,20H,2,8H2,1H3. The topological polar surface area (TPSA) is 98.3 Å². The molecule has 1 atom stereocenters. The van der Waals surface area contributed by atoms with Gasteiger partial charge in [-0.2, -0.15) is 0 Å². The number of thiophene rings is 1. The second-order valence-corrected chi connectivity index (χ2v) is 6.47. The number of nitro groups is 1. The number of aromatic nitrogens is 2. The molecular formula is C16H15N3O4S. The van der Waals surface area contributed by atoms with Crippen LogP contribution >= 0.6 is 11.3 Å². The molecule has 0 fully saturated rings. The number of nitrogens with zero attached hydrogens (tertiary/aromatic N) is 3. The number of aliphatic hydroxyl groups is 1. The molecule has 1 unspecified atom stereocenters. The number of non-ortho nitro benzene ring substituents is 1. The zero-order valence-electron chi connectivity index (χ0n) is 12.9. The molecule has 3 rings (SSSR count). The van der Waals surface area contributed by atoms with Crippen molar-refractivity contribution in [1.82, 2.24) is 9.55 Å². The fourth-order valence-corrected chi connectivity index (χ4v) is 3.38. The molecular weight excluding hydrogens is 330 g/mol. The summed E-state index contributed by atoms with van der Waals surface area (Å²) in [5.41, 5.74) is 0.0640. The number of fused-ring (bicyclic) bond motifs is 1. The summed E-state index contributed by atoms with van der Waals surface area (Å²) in [6, 6.07) is 7.59. The number of rotatable bonds is 5. The monoisotopic (exact) mass is 345 g/mol. The highest BCUT2D eigenvalue weighted by Gasteiger charge is 2.15. The molecule has 2 heterocycles. The van der Waals surface area contributed by atoms with E-state index in [-0.39, 0.29) is 17.8 Å². The molecule has 0 saturated carbocycles. The Bertz CT molecular complexity index is 963. The van der Waals surface area contributed by atoms with Crippen molar-refractivity contribution in [3.63, 3.8) is 0 Å². The van der Waals surface area contributed by atoms with Gasteiger partial charge >= 0.3 is 0 Å². The van der Waals surface area contributed by atoms with E-state index < -0.39 is 11.0 Å². The smallest absolute Gasteiger partial charge is 0.269 e. The van der Waals surface area contributed by atoms with Crippen LogP contribution in [0.5, 0.6) is 0 Å². The number of aliphatic hydroxyl groups excluding tert-OH is 1. The minimum absolute atomic E-state index is 0.0136. The quantitative estimate of drug-likeness (QED) is 0.566. The Labute approximate surface area is 141 Å². The van der Waals surface area contributed by atoms with E-state index in [1.54, 1.807) is 6.07 Å². The van der Waals surface area contributed by atoms with Crippen LogP contribution in [0.2, 0.25) is 0 Å². The van der Waals surface area contributed by atoms with Crippen molar-refractivity contribution < 1.29 is 10.0 Å². The lowest BCUT2D eigenvalue weighted by molar-refractivity contribution is -0.385. The maximum absolute atomic E-state index is 12.5. The molecule has 7 nitrogen and oxygen atoms in total. The number of hydrogen-bond donors (Lipinski definition) is 1. The lowest BCUT2D eigenvalue weighted by Crippen LogP contribution is -2.23. The Balaban J connectivity index is 1.91. The molecule has 0 saturated heterocycles. The van der Waals surface area contributed by atoms with Gasteiger partial charge in [0.05, 0.1) is 29.3 Å². The Morgan fingerprint density at radius 1 is 1.42 bits per heavy atom. The van der Waals surface area contributed by atoms with Crippen LogP contribution in [0, 0.1) is 10.1 Å². The van der Waals surface area contributed by atoms with Gasteiger partial charge in [-0.15, -0.1) is 11.3 Å². The van der Waals surface area contributed by atoms with Crippen LogP contribution in [0.3, 0.4) is 0 Å². The number of nitro benzene ring substituents is 1. The van der Waals surface area contributed by atoms with Crippen LogP contribution in [0.1, 0.15) is 23.5 Å². The zero-order chi connectivity index (χ0) is 17.3. The summed E-state index contributed by atoms with van der Waals surface area (Å²) in [6.07, 6.45) is 1.20. The van der Waals surface area contributed by atoms with Gasteiger partial charge in [-0.1, -0.05) is 19.1 Å². The average molecular weight is 345 g/mol. The molecule has 1 aromatic carbocycles. The molecule has 124 valence electrons. The lowest BCUT2D eigenvalue weighted by Gasteiger charge is -2.12. The normalized spacial score (nSPS) is 12.4. The largest absolute Gasteiger partial charge is 0.387 e. The van der Waals surface area contributed by atoms with Crippen LogP contribution < -0.4 is 5.56 Å². The maximum atomic E-state index is 12.5. The summed E-state index contributed by atoms with van der Waals surface area (Å²) in [5.74, 6) is 0. The van der Waals surface area contributed by atoms with Crippen molar-refractivity contribution in [3.8, 4) is 0 Å². The molecule has 2 aromatic heterocycles. The third kappa shape index (κ3) is 3.06. The predicted octanol–water partition coefficient (Wildman–Crippen LogP) is 2.66. The summed E-state index contributed by atoms with van der Waals surface area (Å²) in [6.45, 7) is 2.00. The van der Waals surface area contributed by atoms with E-state index in [1.165, 1.54) is 40.4 Å². The molecule has 0 radical (unpaired) electrons. The first-order valence-electron chi connectivity index (χ1n) is 7.40. The van der Waals surface area contributed by atoms with Gasteiger partial charge in [0.15, 0.2) is 0 Å². The Morgan fingerprint density at radius 2 is 2.21 bits per heavy atom. The van der Waals surface area contributed by atoms with Crippen molar-refractivity contribution in [2.45, 2.75) is 26.0 Å². The van der Waals surface area contributed by atoms with E-state index in [4.69, 9.17) is 0 Å². The van der Waals surface area contributed by atoms with Crippen LogP contribution in [0.15, 0.2) is 41.5 Å². The summed E-state index contributed by atoms with van der Waals surface area (Å²) >= 11 is 1.48. The molecule has 0 aliphatic heterocycles. The van der Waals surface area contributed by atoms with Gasteiger partial charge in [-0.05, 0) is 18.1 Å². The Kier molecular flexibility index (Phi) is 4.41. The highest BCUT2D eigenvalue weighted by molar-refractivity contribution is 7.18. The second kappa shape index (κ2) is 6.50. The van der Waals surface area contributed by atoms with Gasteiger partial charge in [-0.3, -0.25) is 19.5 Å². The van der Waals surface area contributed by atoms with E-state index in [1.807, 2.05) is 13.0 Å². The van der Waals surface area contributed by atoms with E-state index in [0.717, 1.165) is 11.3 Å². The summed E-state index contributed by atoms with van der Waals surface area (Å²) in [4.78, 5) is 28.8. The van der Waals surface area contributed by atoms with Crippen molar-refractivity contribution in [3.05, 3.63) is 67.6 Å². The number of aryl methyl sites for hydroxylation is 1. The van der Waals surface area contributed by atoms with Crippen LogP contribution in [-0.2, 0) is 13.0 Å². The van der Waals surface area contributed by atoms with Gasteiger partial charge in [0.1, 0.15) is 4.83 Å². The minimum atomic E-state index is -1.04. The zero-order valence-corrected chi connectivity index (χ0v) is 13.7. The van der Waals surface area contributed by atoms with Crippen molar-refractivity contribution >= 4 is 27.2 Å². The molecule has 3 aromatic rings. The minimum Gasteiger partial charge on any atom is -0.387 e. The van der Waals surface area contributed by atoms with E-state index in [2.05, 4.69) is 4.98 Å². The average Bonchev–Trinajstić information content (AvgIpc) is 3.01. The van der Waals surface area contributed by atoms with Gasteiger partial charge in [0.2, 0.25) is 0 Å². The fraction of sp³-hybridized carbons (Fsp3) is 0.250. The third-order valence-corrected chi connectivity index (χ3v) is 4.94. The second-order valence-electron chi connectivity index (χ2n) is 5.36. The highest BCUT2D eigenvalue weighted by atomic mass is 32.1. The van der Waals surface area contributed by atoms with Gasteiger partial charge in [0.25, 0.3) is 11.2 Å². The molecule has 24 heavy (non-hydrogen) atoms. The van der Waals surface area contributed by atoms with E-state index >= 15 is 0 Å². The highest BCUT2D eigenvalue weighted by Crippen LogP contribution is 2.23. The van der Waals surface area contributed by atoms with E-state index in [0.29, 0.717) is 15.8 Å². The fourth-order valence-electron chi connectivity index (χ4n) is 2.45. The van der Waals surface area contributed by atoms with E-state index in [9.17, 15) is 20.0 Å². The van der Waals surface area contributed by atoms with Crippen molar-refractivity contribution in [2.24, 2.45) is 0 Å².